The minimum absolute atomic E-state index is 0.406. The Morgan fingerprint density at radius 2 is 2.00 bits per heavy atom. The van der Waals surface area contributed by atoms with Crippen molar-refractivity contribution in [1.82, 2.24) is 0 Å². The Labute approximate surface area is 91.5 Å². The van der Waals surface area contributed by atoms with Gasteiger partial charge in [-0.3, -0.25) is 0 Å². The Bertz CT molecular complexity index is 290. The lowest BCUT2D eigenvalue weighted by Gasteiger charge is -2.08. The van der Waals surface area contributed by atoms with E-state index in [4.69, 9.17) is 9.47 Å². The Morgan fingerprint density at radius 3 is 2.53 bits per heavy atom. The molecule has 0 N–H and O–H groups in total. The van der Waals surface area contributed by atoms with Gasteiger partial charge in [0.2, 0.25) is 0 Å². The lowest BCUT2D eigenvalue weighted by molar-refractivity contribution is 0.104. The Kier molecular flexibility index (Phi) is 4.91. The molecule has 2 heteroatoms. The number of ether oxygens (including phenoxy) is 2. The summed E-state index contributed by atoms with van der Waals surface area (Å²) < 4.78 is 10.6. The van der Waals surface area contributed by atoms with Gasteiger partial charge in [0.05, 0.1) is 20.3 Å². The topological polar surface area (TPSA) is 18.5 Å². The van der Waals surface area contributed by atoms with Crippen LogP contribution in [0.5, 0.6) is 5.75 Å². The van der Waals surface area contributed by atoms with Gasteiger partial charge in [-0.05, 0) is 23.6 Å². The van der Waals surface area contributed by atoms with E-state index in [0.29, 0.717) is 12.5 Å². The maximum atomic E-state index is 5.53. The van der Waals surface area contributed by atoms with Gasteiger partial charge in [-0.15, -0.1) is 6.58 Å². The van der Waals surface area contributed by atoms with Crippen molar-refractivity contribution in [2.24, 2.45) is 5.92 Å². The predicted molar refractivity (Wildman–Crippen MR) is 62.0 cm³/mol. The lowest BCUT2D eigenvalue weighted by atomic mass is 10.2. The quantitative estimate of drug-likeness (QED) is 0.666. The summed E-state index contributed by atoms with van der Waals surface area (Å²) >= 11 is 0. The van der Waals surface area contributed by atoms with E-state index in [1.165, 1.54) is 0 Å². The lowest BCUT2D eigenvalue weighted by Crippen LogP contribution is -2.02. The molecule has 15 heavy (non-hydrogen) atoms. The molecule has 0 fully saturated rings. The van der Waals surface area contributed by atoms with Crippen LogP contribution >= 0.6 is 0 Å². The number of methoxy groups -OCH3 is 1. The van der Waals surface area contributed by atoms with Crippen molar-refractivity contribution in [3.63, 3.8) is 0 Å². The fourth-order valence-corrected chi connectivity index (χ4v) is 1.15. The van der Waals surface area contributed by atoms with Crippen molar-refractivity contribution in [2.75, 3.05) is 13.7 Å². The largest absolute Gasteiger partial charge is 0.497 e. The molecule has 0 aliphatic heterocycles. The predicted octanol–water partition coefficient (Wildman–Crippen LogP) is 3.03. The molecule has 0 saturated heterocycles. The van der Waals surface area contributed by atoms with Gasteiger partial charge in [0.25, 0.3) is 0 Å². The van der Waals surface area contributed by atoms with Crippen LogP contribution in [-0.4, -0.2) is 13.7 Å². The van der Waals surface area contributed by atoms with Crippen LogP contribution in [0.4, 0.5) is 0 Å². The molecular formula is C13H18O2. The molecule has 0 heterocycles. The first-order valence-electron chi connectivity index (χ1n) is 5.09. The van der Waals surface area contributed by atoms with Gasteiger partial charge < -0.3 is 9.47 Å². The van der Waals surface area contributed by atoms with E-state index in [2.05, 4.69) is 13.5 Å². The molecule has 0 bridgehead atoms. The van der Waals surface area contributed by atoms with Gasteiger partial charge in [-0.25, -0.2) is 0 Å². The zero-order chi connectivity index (χ0) is 11.1. The van der Waals surface area contributed by atoms with E-state index in [9.17, 15) is 0 Å². The van der Waals surface area contributed by atoms with Gasteiger partial charge in [0, 0.05) is 0 Å². The van der Waals surface area contributed by atoms with Crippen molar-refractivity contribution < 1.29 is 9.47 Å². The van der Waals surface area contributed by atoms with Crippen LogP contribution in [0.3, 0.4) is 0 Å². The highest BCUT2D eigenvalue weighted by molar-refractivity contribution is 5.26. The van der Waals surface area contributed by atoms with Crippen molar-refractivity contribution in [1.29, 1.82) is 0 Å². The average molecular weight is 206 g/mol. The molecule has 2 nitrogen and oxygen atoms in total. The summed E-state index contributed by atoms with van der Waals surface area (Å²) in [7, 11) is 1.66. The summed E-state index contributed by atoms with van der Waals surface area (Å²) in [6.07, 6.45) is 1.90. The molecule has 0 unspecified atom stereocenters. The molecule has 1 aromatic rings. The Hall–Kier alpha value is -1.28. The van der Waals surface area contributed by atoms with Gasteiger partial charge >= 0.3 is 0 Å². The summed E-state index contributed by atoms with van der Waals surface area (Å²) in [5, 5.41) is 0. The molecule has 0 spiro atoms. The fraction of sp³-hybridized carbons (Fsp3) is 0.385. The average Bonchev–Trinajstić information content (AvgIpc) is 2.29. The van der Waals surface area contributed by atoms with E-state index < -0.39 is 0 Å². The Morgan fingerprint density at radius 1 is 1.33 bits per heavy atom. The summed E-state index contributed by atoms with van der Waals surface area (Å²) in [5.74, 6) is 1.28. The zero-order valence-electron chi connectivity index (χ0n) is 9.40. The van der Waals surface area contributed by atoms with Gasteiger partial charge in [0.1, 0.15) is 5.75 Å². The zero-order valence-corrected chi connectivity index (χ0v) is 9.40. The minimum Gasteiger partial charge on any atom is -0.497 e. The fourth-order valence-electron chi connectivity index (χ4n) is 1.15. The van der Waals surface area contributed by atoms with Gasteiger partial charge in [-0.2, -0.15) is 0 Å². The van der Waals surface area contributed by atoms with E-state index in [1.54, 1.807) is 7.11 Å². The molecule has 0 radical (unpaired) electrons. The maximum absolute atomic E-state index is 5.53. The highest BCUT2D eigenvalue weighted by Crippen LogP contribution is 2.12. The van der Waals surface area contributed by atoms with E-state index in [-0.39, 0.29) is 0 Å². The minimum atomic E-state index is 0.406. The number of hydrogen-bond acceptors (Lipinski definition) is 2. The molecule has 0 saturated carbocycles. The molecule has 0 aliphatic rings. The number of benzene rings is 1. The van der Waals surface area contributed by atoms with Crippen LogP contribution in [0.1, 0.15) is 12.5 Å². The van der Waals surface area contributed by atoms with E-state index >= 15 is 0 Å². The smallest absolute Gasteiger partial charge is 0.118 e. The number of rotatable bonds is 6. The summed E-state index contributed by atoms with van der Waals surface area (Å²) in [6, 6.07) is 7.90. The standard InChI is InChI=1S/C13H18O2/c1-4-11(2)9-15-10-12-5-7-13(14-3)8-6-12/h4-8,11H,1,9-10H2,2-3H3/t11-/m0/s1. The molecule has 1 aromatic carbocycles. The second-order valence-corrected chi connectivity index (χ2v) is 3.58. The highest BCUT2D eigenvalue weighted by Gasteiger charge is 1.97. The highest BCUT2D eigenvalue weighted by atomic mass is 16.5. The van der Waals surface area contributed by atoms with Crippen LogP contribution in [0.25, 0.3) is 0 Å². The normalized spacial score (nSPS) is 12.1. The van der Waals surface area contributed by atoms with Crippen LogP contribution in [0, 0.1) is 5.92 Å². The number of hydrogen-bond donors (Lipinski definition) is 0. The third kappa shape index (κ3) is 4.17. The molecule has 0 aliphatic carbocycles. The second kappa shape index (κ2) is 6.25. The SMILES string of the molecule is C=C[C@H](C)COCc1ccc(OC)cc1. The van der Waals surface area contributed by atoms with Crippen molar-refractivity contribution in [3.05, 3.63) is 42.5 Å². The molecule has 1 rings (SSSR count). The van der Waals surface area contributed by atoms with Crippen LogP contribution in [0.2, 0.25) is 0 Å². The molecule has 82 valence electrons. The molecule has 0 amide bonds. The van der Waals surface area contributed by atoms with E-state index in [1.807, 2.05) is 30.3 Å². The van der Waals surface area contributed by atoms with Crippen LogP contribution in [-0.2, 0) is 11.3 Å². The second-order valence-electron chi connectivity index (χ2n) is 3.58. The first-order chi connectivity index (χ1) is 7.26. The van der Waals surface area contributed by atoms with E-state index in [0.717, 1.165) is 17.9 Å². The summed E-state index contributed by atoms with van der Waals surface area (Å²) in [4.78, 5) is 0. The molecular weight excluding hydrogens is 188 g/mol. The van der Waals surface area contributed by atoms with Crippen molar-refractivity contribution in [3.8, 4) is 5.75 Å². The van der Waals surface area contributed by atoms with Crippen molar-refractivity contribution >= 4 is 0 Å². The van der Waals surface area contributed by atoms with Crippen LogP contribution < -0.4 is 4.74 Å². The summed E-state index contributed by atoms with van der Waals surface area (Å²) in [6.45, 7) is 7.16. The first-order valence-corrected chi connectivity index (χ1v) is 5.09. The third-order valence-corrected chi connectivity index (χ3v) is 2.21. The maximum Gasteiger partial charge on any atom is 0.118 e. The third-order valence-electron chi connectivity index (χ3n) is 2.21. The molecule has 1 atom stereocenters. The first kappa shape index (κ1) is 11.8. The van der Waals surface area contributed by atoms with Gasteiger partial charge in [-0.1, -0.05) is 25.1 Å². The van der Waals surface area contributed by atoms with Gasteiger partial charge in [0.15, 0.2) is 0 Å². The monoisotopic (exact) mass is 206 g/mol. The summed E-state index contributed by atoms with van der Waals surface area (Å²) in [5.41, 5.74) is 1.16. The van der Waals surface area contributed by atoms with Crippen LogP contribution in [0.15, 0.2) is 36.9 Å². The molecule has 0 aromatic heterocycles. The van der Waals surface area contributed by atoms with Crippen molar-refractivity contribution in [2.45, 2.75) is 13.5 Å². The Balaban J connectivity index is 2.34.